The molecule has 0 saturated heterocycles. The summed E-state index contributed by atoms with van der Waals surface area (Å²) in [4.78, 5) is 38.0. The van der Waals surface area contributed by atoms with Crippen molar-refractivity contribution >= 4 is 90.6 Å². The van der Waals surface area contributed by atoms with E-state index in [1.807, 2.05) is 160 Å². The van der Waals surface area contributed by atoms with Crippen LogP contribution in [0.1, 0.15) is 140 Å². The molecule has 6 aromatic carbocycles. The first-order valence-corrected chi connectivity index (χ1v) is 41.4. The number of sulfonamides is 2. The number of furan rings is 3. The average molecular weight is 1550 g/mol. The summed E-state index contributed by atoms with van der Waals surface area (Å²) in [5.41, 5.74) is 3.25. The lowest BCUT2D eigenvalue weighted by molar-refractivity contribution is -0.158. The second-order valence-electron chi connectivity index (χ2n) is 31.2. The van der Waals surface area contributed by atoms with Crippen LogP contribution in [0.15, 0.2) is 211 Å². The van der Waals surface area contributed by atoms with Gasteiger partial charge in [-0.2, -0.15) is 8.61 Å². The van der Waals surface area contributed by atoms with Crippen LogP contribution in [0, 0.1) is 35.5 Å². The number of aliphatic hydroxyl groups excluding tert-OH is 2. The van der Waals surface area contributed by atoms with Crippen molar-refractivity contribution in [2.75, 3.05) is 39.3 Å². The van der Waals surface area contributed by atoms with Gasteiger partial charge in [-0.25, -0.2) is 25.3 Å². The topological polar surface area (TPSA) is 280 Å². The molecule has 0 spiro atoms. The van der Waals surface area contributed by atoms with Crippen LogP contribution >= 0.6 is 10.7 Å². The molecule has 0 radical (unpaired) electrons. The van der Waals surface area contributed by atoms with E-state index in [0.29, 0.717) is 60.4 Å². The monoisotopic (exact) mass is 1550 g/mol. The van der Waals surface area contributed by atoms with Crippen molar-refractivity contribution < 1.29 is 77.3 Å². The number of hydrogen-bond donors (Lipinski definition) is 3. The number of nitrogens with one attached hydrogen (secondary N) is 1. The van der Waals surface area contributed by atoms with Crippen molar-refractivity contribution in [3.8, 4) is 0 Å². The highest BCUT2D eigenvalue weighted by Gasteiger charge is 2.35. The van der Waals surface area contributed by atoms with Crippen LogP contribution in [0.5, 0.6) is 0 Å². The minimum atomic E-state index is -3.91. The quantitative estimate of drug-likeness (QED) is 0.0207. The Balaban J connectivity index is 0.000000235. The van der Waals surface area contributed by atoms with Gasteiger partial charge >= 0.3 is 17.9 Å². The van der Waals surface area contributed by atoms with Gasteiger partial charge in [-0.3, -0.25) is 14.4 Å². The number of esters is 3. The lowest BCUT2D eigenvalue weighted by Gasteiger charge is -2.30. The summed E-state index contributed by atoms with van der Waals surface area (Å²) in [7, 11) is -6.17. The van der Waals surface area contributed by atoms with Gasteiger partial charge in [0.05, 0.1) is 58.5 Å². The molecule has 0 fully saturated rings. The second-order valence-corrected chi connectivity index (χ2v) is 37.7. The van der Waals surface area contributed by atoms with Gasteiger partial charge in [0.2, 0.25) is 20.0 Å². The van der Waals surface area contributed by atoms with Gasteiger partial charge in [-0.05, 0) is 201 Å². The van der Waals surface area contributed by atoms with Crippen molar-refractivity contribution in [2.24, 2.45) is 35.5 Å². The number of rotatable bonds is 31. The van der Waals surface area contributed by atoms with E-state index >= 15 is 0 Å². The molecular weight excluding hydrogens is 1440 g/mol. The number of fused-ring (bicyclic) bond motifs is 3. The molecule has 3 aromatic heterocycles. The number of ether oxygens (including phenoxy) is 3. The molecule has 0 aliphatic heterocycles. The molecule has 9 aromatic rings. The van der Waals surface area contributed by atoms with Gasteiger partial charge in [0, 0.05) is 77.8 Å². The summed E-state index contributed by atoms with van der Waals surface area (Å²) in [5.74, 6) is -1.26. The van der Waals surface area contributed by atoms with Crippen LogP contribution in [0.4, 0.5) is 0 Å². The smallest absolute Gasteiger partial charge is 0.306 e. The third-order valence-electron chi connectivity index (χ3n) is 16.4. The number of halogens is 1. The first kappa shape index (κ1) is 88.2. The summed E-state index contributed by atoms with van der Waals surface area (Å²) in [6.45, 7) is 30.5. The zero-order chi connectivity index (χ0) is 79.1. The molecule has 20 nitrogen and oxygen atoms in total. The van der Waals surface area contributed by atoms with Crippen molar-refractivity contribution in [3.63, 3.8) is 0 Å². The standard InChI is InChI=1S/C28H37NO6S.C27H35NO5S.C20H33NO3.C8H5ClO3S/c1-20(2)18-29(36(32,33)24-11-12-26-22(16-24)13-14-34-26)19-25(30)23(15-21-9-7-6-8-10-21)17-27(31)35-28(3,4)5;1-20(2)18-28(34(30,31)24-11-12-25-23(17-24)13-14-32-25)19-22(15-21-9-7-6-8-10-21)16-26(29)33-27(3,4)5;1-15(2)13-21-14-18(22)17(11-16-9-7-6-8-10-16)12-19(23)24-20(3,4)5;9-13(10,11)7-1-2-8-6(5-7)3-4-12-8/h6-14,16,20,23,25,30H,15,17-19H2,1-5H3;6-14,17,20,22H,15-16,18-19H2,1-5H3;6-10,15,17-18,21-22H,11-14H2,1-5H3;1-5H/t23-,25-;22-;17-,18-;/m111./s1. The molecule has 0 aliphatic carbocycles. The third kappa shape index (κ3) is 30.7. The van der Waals surface area contributed by atoms with E-state index in [4.69, 9.17) is 38.1 Å². The normalized spacial score (nSPS) is 13.8. The van der Waals surface area contributed by atoms with E-state index in [-0.39, 0.29) is 89.2 Å². The predicted molar refractivity (Wildman–Crippen MR) is 421 cm³/mol. The van der Waals surface area contributed by atoms with Gasteiger partial charge in [0.1, 0.15) is 33.6 Å². The average Bonchev–Trinajstić information content (AvgIpc) is 1.79. The van der Waals surface area contributed by atoms with Crippen molar-refractivity contribution in [2.45, 2.75) is 186 Å². The molecule has 3 heterocycles. The minimum Gasteiger partial charge on any atom is -0.464 e. The molecule has 24 heteroatoms. The predicted octanol–water partition coefficient (Wildman–Crippen LogP) is 16.2. The molecule has 107 heavy (non-hydrogen) atoms. The molecular formula is C83H110ClN3O17S3. The van der Waals surface area contributed by atoms with Gasteiger partial charge in [0.25, 0.3) is 9.05 Å². The number of hydrogen-bond acceptors (Lipinski definition) is 18. The summed E-state index contributed by atoms with van der Waals surface area (Å²) in [5, 5.41) is 27.3. The summed E-state index contributed by atoms with van der Waals surface area (Å²) in [6, 6.07) is 48.6. The fourth-order valence-electron chi connectivity index (χ4n) is 11.8. The Bertz CT molecular complexity index is 4580. The molecule has 0 amide bonds. The number of nitrogens with zero attached hydrogens (tertiary/aromatic N) is 2. The Morgan fingerprint density at radius 2 is 0.757 bits per heavy atom. The lowest BCUT2D eigenvalue weighted by atomic mass is 9.90. The maximum Gasteiger partial charge on any atom is 0.306 e. The van der Waals surface area contributed by atoms with E-state index in [0.717, 1.165) is 34.0 Å². The zero-order valence-corrected chi connectivity index (χ0v) is 67.6. The number of aliphatic hydroxyl groups is 2. The maximum atomic E-state index is 13.7. The number of benzene rings is 6. The van der Waals surface area contributed by atoms with Gasteiger partial charge in [0.15, 0.2) is 0 Å². The SMILES string of the molecule is CC(C)CN(C[C@@H](CC(=O)OC(C)(C)C)Cc1ccccc1)S(=O)(=O)c1ccc2occc2c1.CC(C)CN(C[C@@H](O)[C@@H](CC(=O)OC(C)(C)C)Cc1ccccc1)S(=O)(=O)c1ccc2occc2c1.CC(C)CNC[C@@H](O)[C@@H](CC(=O)OC(C)(C)C)Cc1ccccc1.O=S(=O)(Cl)c1ccc2occc2c1. The first-order valence-electron chi connectivity index (χ1n) is 36.2. The van der Waals surface area contributed by atoms with Crippen molar-refractivity contribution in [3.05, 3.63) is 199 Å². The van der Waals surface area contributed by atoms with Gasteiger partial charge in [-0.15, -0.1) is 0 Å². The van der Waals surface area contributed by atoms with E-state index < -0.39 is 70.0 Å². The van der Waals surface area contributed by atoms with Crippen molar-refractivity contribution in [1.29, 1.82) is 0 Å². The van der Waals surface area contributed by atoms with Gasteiger partial charge in [-0.1, -0.05) is 133 Å². The molecule has 584 valence electrons. The second kappa shape index (κ2) is 40.1. The van der Waals surface area contributed by atoms with Crippen LogP contribution in [-0.2, 0) is 77.0 Å². The van der Waals surface area contributed by atoms with Crippen molar-refractivity contribution in [1.82, 2.24) is 13.9 Å². The molecule has 0 bridgehead atoms. The van der Waals surface area contributed by atoms with E-state index in [1.165, 1.54) is 39.3 Å². The largest absolute Gasteiger partial charge is 0.464 e. The third-order valence-corrected chi connectivity index (χ3v) is 21.4. The summed E-state index contributed by atoms with van der Waals surface area (Å²) < 4.78 is 112. The van der Waals surface area contributed by atoms with E-state index in [2.05, 4.69) is 19.2 Å². The fourth-order valence-corrected chi connectivity index (χ4v) is 15.9. The Hall–Kier alpha value is -7.71. The molecule has 0 unspecified atom stereocenters. The highest BCUT2D eigenvalue weighted by atomic mass is 35.7. The molecule has 9 rings (SSSR count). The van der Waals surface area contributed by atoms with Gasteiger partial charge < -0.3 is 43.0 Å². The summed E-state index contributed by atoms with van der Waals surface area (Å²) in [6.07, 6.45) is 4.87. The van der Waals surface area contributed by atoms with Crippen LogP contribution in [-0.4, -0.2) is 130 Å². The molecule has 0 saturated carbocycles. The molecule has 0 aliphatic rings. The Kier molecular flexibility index (Phi) is 33.1. The highest BCUT2D eigenvalue weighted by molar-refractivity contribution is 8.13. The van der Waals surface area contributed by atoms with Crippen LogP contribution in [0.3, 0.4) is 0 Å². The number of carbonyl (C=O) groups is 3. The Morgan fingerprint density at radius 1 is 0.421 bits per heavy atom. The Morgan fingerprint density at radius 3 is 1.11 bits per heavy atom. The highest BCUT2D eigenvalue weighted by Crippen LogP contribution is 2.30. The molecule has 3 N–H and O–H groups in total. The Labute approximate surface area is 638 Å². The number of carbonyl (C=O) groups excluding carboxylic acids is 3. The zero-order valence-electron chi connectivity index (χ0n) is 64.4. The summed E-state index contributed by atoms with van der Waals surface area (Å²) >= 11 is 0. The van der Waals surface area contributed by atoms with E-state index in [1.54, 1.807) is 81.6 Å². The van der Waals surface area contributed by atoms with Crippen LogP contribution < -0.4 is 5.32 Å². The van der Waals surface area contributed by atoms with Crippen LogP contribution in [0.25, 0.3) is 32.9 Å². The van der Waals surface area contributed by atoms with E-state index in [9.17, 15) is 49.9 Å². The van der Waals surface area contributed by atoms with Crippen LogP contribution in [0.2, 0.25) is 0 Å². The maximum absolute atomic E-state index is 13.7. The fraction of sp³-hybridized carbons (Fsp3) is 0.458. The minimum absolute atomic E-state index is 0.0239. The lowest BCUT2D eigenvalue weighted by Crippen LogP contribution is -2.43. The first-order chi connectivity index (χ1) is 50.0. The molecule has 5 atom stereocenters.